The van der Waals surface area contributed by atoms with Crippen molar-refractivity contribution < 1.29 is 14.3 Å². The topological polar surface area (TPSA) is 61.9 Å². The molecular formula is C25H31N3O3. The molecule has 6 heteroatoms. The molecule has 2 aliphatic heterocycles. The fourth-order valence-corrected chi connectivity index (χ4v) is 4.31. The van der Waals surface area contributed by atoms with Crippen molar-refractivity contribution >= 4 is 28.9 Å². The van der Waals surface area contributed by atoms with Crippen molar-refractivity contribution in [3.05, 3.63) is 54.1 Å². The maximum Gasteiger partial charge on any atom is 0.229 e. The molecule has 2 aromatic carbocycles. The molecule has 0 saturated carbocycles. The number of nitrogens with zero attached hydrogens (tertiary/aromatic N) is 2. The lowest BCUT2D eigenvalue weighted by Crippen LogP contribution is -2.36. The van der Waals surface area contributed by atoms with Crippen LogP contribution in [-0.2, 0) is 14.3 Å². The van der Waals surface area contributed by atoms with Gasteiger partial charge in [0.1, 0.15) is 0 Å². The van der Waals surface area contributed by atoms with Gasteiger partial charge in [0.05, 0.1) is 19.1 Å². The summed E-state index contributed by atoms with van der Waals surface area (Å²) in [6.07, 6.45) is 1.25. The third-order valence-electron chi connectivity index (χ3n) is 6.38. The third-order valence-corrected chi connectivity index (χ3v) is 6.38. The molecule has 2 aromatic rings. The van der Waals surface area contributed by atoms with Crippen LogP contribution in [-0.4, -0.2) is 44.7 Å². The number of hydrogen-bond donors (Lipinski definition) is 1. The van der Waals surface area contributed by atoms with Gasteiger partial charge in [-0.2, -0.15) is 0 Å². The number of ether oxygens (including phenoxy) is 1. The summed E-state index contributed by atoms with van der Waals surface area (Å²) in [4.78, 5) is 29.7. The highest BCUT2D eigenvalue weighted by molar-refractivity contribution is 6.04. The van der Waals surface area contributed by atoms with Crippen LogP contribution < -0.4 is 15.1 Å². The molecule has 0 aromatic heterocycles. The summed E-state index contributed by atoms with van der Waals surface area (Å²) in [6, 6.07) is 15.9. The van der Waals surface area contributed by atoms with E-state index in [0.29, 0.717) is 12.5 Å². The molecule has 0 radical (unpaired) electrons. The van der Waals surface area contributed by atoms with Crippen molar-refractivity contribution in [2.75, 3.05) is 48.0 Å². The monoisotopic (exact) mass is 421 g/mol. The Bertz CT molecular complexity index is 922. The van der Waals surface area contributed by atoms with Crippen LogP contribution in [0.15, 0.2) is 48.5 Å². The molecule has 2 heterocycles. The van der Waals surface area contributed by atoms with Gasteiger partial charge in [0, 0.05) is 43.1 Å². The number of hydrogen-bond acceptors (Lipinski definition) is 4. The summed E-state index contributed by atoms with van der Waals surface area (Å²) in [7, 11) is 0. The number of rotatable bonds is 6. The first kappa shape index (κ1) is 21.4. The Hall–Kier alpha value is -2.86. The molecule has 31 heavy (non-hydrogen) atoms. The predicted octanol–water partition coefficient (Wildman–Crippen LogP) is 4.03. The number of anilines is 3. The second-order valence-electron chi connectivity index (χ2n) is 8.41. The molecule has 2 atom stereocenters. The van der Waals surface area contributed by atoms with E-state index in [-0.39, 0.29) is 24.2 Å². The Labute approximate surface area is 184 Å². The lowest BCUT2D eigenvalue weighted by atomic mass is 9.96. The Morgan fingerprint density at radius 1 is 1.13 bits per heavy atom. The number of carbonyl (C=O) groups is 2. The Balaban J connectivity index is 1.41. The number of amides is 2. The van der Waals surface area contributed by atoms with Gasteiger partial charge < -0.3 is 19.9 Å². The summed E-state index contributed by atoms with van der Waals surface area (Å²) in [5, 5.41) is 2.99. The van der Waals surface area contributed by atoms with E-state index in [0.717, 1.165) is 55.3 Å². The van der Waals surface area contributed by atoms with Gasteiger partial charge in [0.15, 0.2) is 0 Å². The highest BCUT2D eigenvalue weighted by Gasteiger charge is 2.36. The van der Waals surface area contributed by atoms with Crippen molar-refractivity contribution in [2.24, 2.45) is 5.92 Å². The second-order valence-corrected chi connectivity index (χ2v) is 8.41. The number of para-hydroxylation sites is 1. The third kappa shape index (κ3) is 4.74. The van der Waals surface area contributed by atoms with Crippen molar-refractivity contribution in [3.8, 4) is 0 Å². The van der Waals surface area contributed by atoms with Gasteiger partial charge in [0.25, 0.3) is 0 Å². The van der Waals surface area contributed by atoms with Crippen molar-refractivity contribution in [3.63, 3.8) is 0 Å². The van der Waals surface area contributed by atoms with E-state index in [1.54, 1.807) is 4.90 Å². The molecule has 2 fully saturated rings. The zero-order valence-electron chi connectivity index (χ0n) is 18.3. The standard InChI is InChI=1S/C25H31N3O3/c1-3-18(2)22-6-4-5-7-23(22)28-17-19(16-24(28)29)25(30)26-20-8-10-21(11-9-20)27-12-14-31-15-13-27/h4-11,18-19H,3,12-17H2,1-2H3,(H,26,30)/t18-,19-/m1/s1. The smallest absolute Gasteiger partial charge is 0.229 e. The highest BCUT2D eigenvalue weighted by atomic mass is 16.5. The largest absolute Gasteiger partial charge is 0.378 e. The summed E-state index contributed by atoms with van der Waals surface area (Å²) in [5.41, 5.74) is 3.99. The number of morpholine rings is 1. The Morgan fingerprint density at radius 2 is 1.84 bits per heavy atom. The van der Waals surface area contributed by atoms with Gasteiger partial charge in [-0.1, -0.05) is 32.0 Å². The molecule has 2 aliphatic rings. The second kappa shape index (κ2) is 9.52. The molecule has 2 saturated heterocycles. The summed E-state index contributed by atoms with van der Waals surface area (Å²) in [6.45, 7) is 7.98. The normalized spacial score (nSPS) is 20.1. The fraction of sp³-hybridized carbons (Fsp3) is 0.440. The number of carbonyl (C=O) groups excluding carboxylic acids is 2. The lowest BCUT2D eigenvalue weighted by molar-refractivity contribution is -0.122. The van der Waals surface area contributed by atoms with Crippen LogP contribution in [0, 0.1) is 5.92 Å². The van der Waals surface area contributed by atoms with Crippen molar-refractivity contribution in [1.29, 1.82) is 0 Å². The predicted molar refractivity (Wildman–Crippen MR) is 124 cm³/mol. The van der Waals surface area contributed by atoms with E-state index in [2.05, 4.69) is 30.1 Å². The van der Waals surface area contributed by atoms with Gasteiger partial charge in [-0.25, -0.2) is 0 Å². The summed E-state index contributed by atoms with van der Waals surface area (Å²) in [5.74, 6) is -0.0761. The highest BCUT2D eigenvalue weighted by Crippen LogP contribution is 2.33. The average Bonchev–Trinajstić information content (AvgIpc) is 3.21. The minimum atomic E-state index is -0.351. The van der Waals surface area contributed by atoms with Crippen LogP contribution in [0.25, 0.3) is 0 Å². The zero-order valence-corrected chi connectivity index (χ0v) is 18.3. The molecule has 0 spiro atoms. The van der Waals surface area contributed by atoms with Gasteiger partial charge in [0.2, 0.25) is 11.8 Å². The first-order valence-corrected chi connectivity index (χ1v) is 11.2. The van der Waals surface area contributed by atoms with E-state index in [9.17, 15) is 9.59 Å². The van der Waals surface area contributed by atoms with Crippen LogP contribution in [0.5, 0.6) is 0 Å². The number of nitrogens with one attached hydrogen (secondary N) is 1. The van der Waals surface area contributed by atoms with Crippen LogP contribution in [0.1, 0.15) is 38.2 Å². The molecule has 0 unspecified atom stereocenters. The SMILES string of the molecule is CC[C@@H](C)c1ccccc1N1C[C@H](C(=O)Nc2ccc(N3CCOCC3)cc2)CC1=O. The molecule has 2 amide bonds. The molecule has 164 valence electrons. The minimum absolute atomic E-state index is 0.0126. The Morgan fingerprint density at radius 3 is 2.55 bits per heavy atom. The first-order valence-electron chi connectivity index (χ1n) is 11.2. The zero-order chi connectivity index (χ0) is 21.8. The molecule has 6 nitrogen and oxygen atoms in total. The maximum atomic E-state index is 12.9. The number of benzene rings is 2. The summed E-state index contributed by atoms with van der Waals surface area (Å²) >= 11 is 0. The van der Waals surface area contributed by atoms with Crippen molar-refractivity contribution in [2.45, 2.75) is 32.6 Å². The molecule has 0 bridgehead atoms. The van der Waals surface area contributed by atoms with E-state index in [4.69, 9.17) is 4.74 Å². The molecule has 1 N–H and O–H groups in total. The fourth-order valence-electron chi connectivity index (χ4n) is 4.31. The van der Waals surface area contributed by atoms with E-state index in [1.807, 2.05) is 42.5 Å². The molecule has 0 aliphatic carbocycles. The van der Waals surface area contributed by atoms with Gasteiger partial charge in [-0.15, -0.1) is 0 Å². The van der Waals surface area contributed by atoms with Gasteiger partial charge in [-0.3, -0.25) is 9.59 Å². The quantitative estimate of drug-likeness (QED) is 0.765. The Kier molecular flexibility index (Phi) is 6.56. The van der Waals surface area contributed by atoms with Gasteiger partial charge >= 0.3 is 0 Å². The van der Waals surface area contributed by atoms with Crippen LogP contribution in [0.2, 0.25) is 0 Å². The van der Waals surface area contributed by atoms with Crippen molar-refractivity contribution in [1.82, 2.24) is 0 Å². The molecular weight excluding hydrogens is 390 g/mol. The first-order chi connectivity index (χ1) is 15.1. The van der Waals surface area contributed by atoms with Crippen LogP contribution in [0.3, 0.4) is 0 Å². The van der Waals surface area contributed by atoms with E-state index < -0.39 is 0 Å². The molecule has 4 rings (SSSR count). The van der Waals surface area contributed by atoms with E-state index >= 15 is 0 Å². The van der Waals surface area contributed by atoms with E-state index in [1.165, 1.54) is 0 Å². The lowest BCUT2D eigenvalue weighted by Gasteiger charge is -2.29. The summed E-state index contributed by atoms with van der Waals surface area (Å²) < 4.78 is 5.40. The average molecular weight is 422 g/mol. The van der Waals surface area contributed by atoms with Crippen LogP contribution >= 0.6 is 0 Å². The van der Waals surface area contributed by atoms with Crippen LogP contribution in [0.4, 0.5) is 17.1 Å². The minimum Gasteiger partial charge on any atom is -0.378 e. The van der Waals surface area contributed by atoms with Gasteiger partial charge in [-0.05, 0) is 48.2 Å². The maximum absolute atomic E-state index is 12.9.